The van der Waals surface area contributed by atoms with E-state index in [1.54, 1.807) is 0 Å². The van der Waals surface area contributed by atoms with Crippen LogP contribution in [0.3, 0.4) is 0 Å². The van der Waals surface area contributed by atoms with Gasteiger partial charge in [0.15, 0.2) is 0 Å². The minimum atomic E-state index is 0.964. The molecule has 0 radical (unpaired) electrons. The van der Waals surface area contributed by atoms with E-state index in [1.165, 1.54) is 17.0 Å². The van der Waals surface area contributed by atoms with Gasteiger partial charge in [0, 0.05) is 31.3 Å². The lowest BCUT2D eigenvalue weighted by molar-refractivity contribution is 0.772. The van der Waals surface area contributed by atoms with Crippen molar-refractivity contribution in [3.8, 4) is 11.4 Å². The van der Waals surface area contributed by atoms with Crippen LogP contribution in [0.4, 0.5) is 0 Å². The minimum Gasteiger partial charge on any atom is -0.331 e. The molecule has 2 rings (SSSR count). The van der Waals surface area contributed by atoms with E-state index < -0.39 is 0 Å². The highest BCUT2D eigenvalue weighted by Crippen LogP contribution is 2.20. The number of likely N-dealkylation sites (N-methyl/N-ethyl adjacent to an activating group) is 1. The third kappa shape index (κ3) is 2.39. The molecule has 1 heterocycles. The molecule has 0 atom stereocenters. The van der Waals surface area contributed by atoms with Crippen molar-refractivity contribution in [2.24, 2.45) is 7.05 Å². The lowest BCUT2D eigenvalue weighted by atomic mass is 10.2. The number of nitrogens with zero attached hydrogens (tertiary/aromatic N) is 2. The Hall–Kier alpha value is -1.61. The molecule has 3 nitrogen and oxygen atoms in total. The van der Waals surface area contributed by atoms with Crippen molar-refractivity contribution in [3.63, 3.8) is 0 Å². The second-order valence-corrected chi connectivity index (χ2v) is 4.25. The molecule has 0 saturated carbocycles. The first-order chi connectivity index (χ1) is 8.24. The van der Waals surface area contributed by atoms with Crippen LogP contribution >= 0.6 is 0 Å². The van der Waals surface area contributed by atoms with Gasteiger partial charge in [-0.15, -0.1) is 0 Å². The first-order valence-corrected chi connectivity index (χ1v) is 5.96. The molecule has 0 amide bonds. The predicted molar refractivity (Wildman–Crippen MR) is 71.0 cm³/mol. The molecule has 0 spiro atoms. The summed E-state index contributed by atoms with van der Waals surface area (Å²) < 4.78 is 2.17. The second-order valence-electron chi connectivity index (χ2n) is 4.25. The molecule has 1 aromatic carbocycles. The Kier molecular flexibility index (Phi) is 3.59. The van der Waals surface area contributed by atoms with E-state index in [0.717, 1.165) is 18.8 Å². The highest BCUT2D eigenvalue weighted by Gasteiger charge is 2.11. The van der Waals surface area contributed by atoms with Crippen molar-refractivity contribution >= 4 is 0 Å². The van der Waals surface area contributed by atoms with Gasteiger partial charge in [0.05, 0.1) is 5.69 Å². The Morgan fingerprint density at radius 2 is 1.94 bits per heavy atom. The van der Waals surface area contributed by atoms with Gasteiger partial charge in [-0.25, -0.2) is 4.98 Å². The Balaban J connectivity index is 2.36. The normalized spacial score (nSPS) is 10.8. The SMILES string of the molecule is CNCCc1nc(-c2ccccc2)n(C)c1C. The molecule has 0 fully saturated rings. The van der Waals surface area contributed by atoms with Gasteiger partial charge in [-0.1, -0.05) is 30.3 Å². The van der Waals surface area contributed by atoms with Crippen LogP contribution in [0.2, 0.25) is 0 Å². The summed E-state index contributed by atoms with van der Waals surface area (Å²) in [6.45, 7) is 3.09. The first-order valence-electron chi connectivity index (χ1n) is 5.96. The maximum atomic E-state index is 4.74. The van der Waals surface area contributed by atoms with Crippen LogP contribution in [-0.2, 0) is 13.5 Å². The molecule has 1 N–H and O–H groups in total. The summed E-state index contributed by atoms with van der Waals surface area (Å²) in [7, 11) is 4.05. The summed E-state index contributed by atoms with van der Waals surface area (Å²) in [6, 6.07) is 10.3. The first kappa shape index (κ1) is 11.9. The van der Waals surface area contributed by atoms with E-state index in [0.29, 0.717) is 0 Å². The molecule has 2 aromatic rings. The fraction of sp³-hybridized carbons (Fsp3) is 0.357. The van der Waals surface area contributed by atoms with Gasteiger partial charge in [0.1, 0.15) is 5.82 Å². The molecule has 0 aliphatic rings. The average Bonchev–Trinajstić information content (AvgIpc) is 2.65. The zero-order valence-corrected chi connectivity index (χ0v) is 10.7. The van der Waals surface area contributed by atoms with Crippen LogP contribution in [0.15, 0.2) is 30.3 Å². The number of benzene rings is 1. The maximum absolute atomic E-state index is 4.74. The molecule has 0 unspecified atom stereocenters. The summed E-state index contributed by atoms with van der Waals surface area (Å²) in [6.07, 6.45) is 0.975. The van der Waals surface area contributed by atoms with Crippen molar-refractivity contribution in [2.45, 2.75) is 13.3 Å². The molecule has 17 heavy (non-hydrogen) atoms. The van der Waals surface area contributed by atoms with Crippen LogP contribution in [0.1, 0.15) is 11.4 Å². The van der Waals surface area contributed by atoms with Crippen molar-refractivity contribution < 1.29 is 0 Å². The molecule has 1 aromatic heterocycles. The lowest BCUT2D eigenvalue weighted by Crippen LogP contribution is -2.11. The zero-order valence-electron chi connectivity index (χ0n) is 10.7. The molecule has 0 aliphatic heterocycles. The van der Waals surface area contributed by atoms with E-state index in [-0.39, 0.29) is 0 Å². The van der Waals surface area contributed by atoms with Crippen molar-refractivity contribution in [2.75, 3.05) is 13.6 Å². The highest BCUT2D eigenvalue weighted by atomic mass is 15.1. The van der Waals surface area contributed by atoms with E-state index in [9.17, 15) is 0 Å². The fourth-order valence-corrected chi connectivity index (χ4v) is 1.96. The summed E-state index contributed by atoms with van der Waals surface area (Å²) in [5.74, 6) is 1.05. The van der Waals surface area contributed by atoms with Crippen molar-refractivity contribution in [1.29, 1.82) is 0 Å². The van der Waals surface area contributed by atoms with E-state index >= 15 is 0 Å². The number of hydrogen-bond donors (Lipinski definition) is 1. The van der Waals surface area contributed by atoms with Gasteiger partial charge in [0.2, 0.25) is 0 Å². The van der Waals surface area contributed by atoms with E-state index in [2.05, 4.69) is 36.0 Å². The lowest BCUT2D eigenvalue weighted by Gasteiger charge is -2.02. The van der Waals surface area contributed by atoms with Gasteiger partial charge in [0.25, 0.3) is 0 Å². The van der Waals surface area contributed by atoms with Crippen molar-refractivity contribution in [1.82, 2.24) is 14.9 Å². The van der Waals surface area contributed by atoms with Crippen molar-refractivity contribution in [3.05, 3.63) is 41.7 Å². The van der Waals surface area contributed by atoms with Gasteiger partial charge in [-0.05, 0) is 14.0 Å². The van der Waals surface area contributed by atoms with Crippen LogP contribution in [-0.4, -0.2) is 23.1 Å². The summed E-state index contributed by atoms with van der Waals surface area (Å²) in [4.78, 5) is 4.74. The van der Waals surface area contributed by atoms with E-state index in [1.807, 2.05) is 25.2 Å². The summed E-state index contributed by atoms with van der Waals surface area (Å²) in [5.41, 5.74) is 3.61. The largest absolute Gasteiger partial charge is 0.331 e. The predicted octanol–water partition coefficient (Wildman–Crippen LogP) is 2.16. The third-order valence-electron chi connectivity index (χ3n) is 3.12. The number of rotatable bonds is 4. The number of hydrogen-bond acceptors (Lipinski definition) is 2. The number of imidazole rings is 1. The van der Waals surface area contributed by atoms with Crippen LogP contribution in [0.25, 0.3) is 11.4 Å². The standard InChI is InChI=1S/C14H19N3/c1-11-13(9-10-15-2)16-14(17(11)3)12-7-5-4-6-8-12/h4-8,15H,9-10H2,1-3H3. The molecular weight excluding hydrogens is 210 g/mol. The average molecular weight is 229 g/mol. The molecule has 0 aliphatic carbocycles. The zero-order chi connectivity index (χ0) is 12.3. The van der Waals surface area contributed by atoms with Crippen LogP contribution in [0, 0.1) is 6.92 Å². The Morgan fingerprint density at radius 3 is 2.59 bits per heavy atom. The van der Waals surface area contributed by atoms with Crippen LogP contribution < -0.4 is 5.32 Å². The number of nitrogens with one attached hydrogen (secondary N) is 1. The maximum Gasteiger partial charge on any atom is 0.140 e. The Bertz CT molecular complexity index is 486. The third-order valence-corrected chi connectivity index (χ3v) is 3.12. The molecule has 0 bridgehead atoms. The number of aromatic nitrogens is 2. The topological polar surface area (TPSA) is 29.9 Å². The van der Waals surface area contributed by atoms with E-state index in [4.69, 9.17) is 4.98 Å². The fourth-order valence-electron chi connectivity index (χ4n) is 1.96. The summed E-state index contributed by atoms with van der Waals surface area (Å²) in [5, 5.41) is 3.16. The Morgan fingerprint density at radius 1 is 1.24 bits per heavy atom. The smallest absolute Gasteiger partial charge is 0.140 e. The molecule has 90 valence electrons. The molecule has 3 heteroatoms. The minimum absolute atomic E-state index is 0.964. The second kappa shape index (κ2) is 5.15. The Labute approximate surface area is 103 Å². The molecule has 0 saturated heterocycles. The quantitative estimate of drug-likeness (QED) is 0.870. The monoisotopic (exact) mass is 229 g/mol. The van der Waals surface area contributed by atoms with Gasteiger partial charge < -0.3 is 9.88 Å². The molecular formula is C14H19N3. The van der Waals surface area contributed by atoms with Gasteiger partial charge in [-0.2, -0.15) is 0 Å². The van der Waals surface area contributed by atoms with Crippen LogP contribution in [0.5, 0.6) is 0 Å². The van der Waals surface area contributed by atoms with Gasteiger partial charge in [-0.3, -0.25) is 0 Å². The van der Waals surface area contributed by atoms with Gasteiger partial charge >= 0.3 is 0 Å². The highest BCUT2D eigenvalue weighted by molar-refractivity contribution is 5.56. The summed E-state index contributed by atoms with van der Waals surface area (Å²) >= 11 is 0.